The van der Waals surface area contributed by atoms with Crippen molar-refractivity contribution < 1.29 is 14.7 Å². The maximum Gasteiger partial charge on any atom is 0.326 e. The number of hydrogen-bond acceptors (Lipinski definition) is 3. The number of carbonyl (C=O) groups is 2. The van der Waals surface area contributed by atoms with Crippen molar-refractivity contribution in [3.63, 3.8) is 0 Å². The fraction of sp³-hybridized carbons (Fsp3) is 0.625. The van der Waals surface area contributed by atoms with Crippen LogP contribution in [0.3, 0.4) is 0 Å². The van der Waals surface area contributed by atoms with Gasteiger partial charge in [0.2, 0.25) is 0 Å². The highest BCUT2D eigenvalue weighted by Crippen LogP contribution is 2.25. The number of nitrogens with one attached hydrogen (secondary N) is 1. The number of carboxylic acid groups (broad SMARTS) is 1. The van der Waals surface area contributed by atoms with Gasteiger partial charge in [0, 0.05) is 4.88 Å². The summed E-state index contributed by atoms with van der Waals surface area (Å²) < 4.78 is 0. The molecule has 0 spiro atoms. The molecule has 0 fully saturated rings. The first-order valence-corrected chi connectivity index (χ1v) is 8.41. The summed E-state index contributed by atoms with van der Waals surface area (Å²) in [4.78, 5) is 25.4. The van der Waals surface area contributed by atoms with E-state index in [0.717, 1.165) is 19.3 Å². The number of carboxylic acids is 1. The highest BCUT2D eigenvalue weighted by molar-refractivity contribution is 7.14. The highest BCUT2D eigenvalue weighted by atomic mass is 32.1. The van der Waals surface area contributed by atoms with Gasteiger partial charge >= 0.3 is 5.97 Å². The first-order valence-electron chi connectivity index (χ1n) is 7.59. The van der Waals surface area contributed by atoms with E-state index >= 15 is 0 Å². The Labute approximate surface area is 130 Å². The van der Waals surface area contributed by atoms with Crippen molar-refractivity contribution in [1.82, 2.24) is 5.32 Å². The molecule has 0 saturated carbocycles. The Kier molecular flexibility index (Phi) is 6.89. The topological polar surface area (TPSA) is 66.4 Å². The van der Waals surface area contributed by atoms with E-state index in [1.54, 1.807) is 0 Å². The summed E-state index contributed by atoms with van der Waals surface area (Å²) in [5.74, 6) is -1.34. The van der Waals surface area contributed by atoms with Crippen LogP contribution in [0.1, 0.15) is 60.6 Å². The molecule has 0 aliphatic heterocycles. The molecule has 2 atom stereocenters. The average Bonchev–Trinajstić information content (AvgIpc) is 2.87. The smallest absolute Gasteiger partial charge is 0.326 e. The van der Waals surface area contributed by atoms with Gasteiger partial charge in [-0.05, 0) is 30.4 Å². The van der Waals surface area contributed by atoms with Crippen LogP contribution >= 0.6 is 11.3 Å². The second-order valence-corrected chi connectivity index (χ2v) is 6.47. The first-order chi connectivity index (χ1) is 9.94. The van der Waals surface area contributed by atoms with Gasteiger partial charge in [-0.25, -0.2) is 4.79 Å². The molecule has 1 rings (SSSR count). The largest absolute Gasteiger partial charge is 0.480 e. The minimum atomic E-state index is -0.973. The molecule has 118 valence electrons. The number of thiophene rings is 1. The Hall–Kier alpha value is -1.36. The molecule has 1 heterocycles. The molecule has 0 aliphatic carbocycles. The third-order valence-corrected chi connectivity index (χ3v) is 4.98. The minimum Gasteiger partial charge on any atom is -0.480 e. The summed E-state index contributed by atoms with van der Waals surface area (Å²) in [6.07, 6.45) is 3.61. The molecule has 0 aromatic carbocycles. The molecule has 0 bridgehead atoms. The molecule has 1 amide bonds. The second-order valence-electron chi connectivity index (χ2n) is 5.34. The van der Waals surface area contributed by atoms with E-state index < -0.39 is 12.0 Å². The number of aryl methyl sites for hydroxylation is 2. The third kappa shape index (κ3) is 4.56. The van der Waals surface area contributed by atoms with Crippen LogP contribution in [0, 0.1) is 5.92 Å². The van der Waals surface area contributed by atoms with Crippen LogP contribution in [0.2, 0.25) is 0 Å². The van der Waals surface area contributed by atoms with E-state index in [9.17, 15) is 14.7 Å². The van der Waals surface area contributed by atoms with Crippen molar-refractivity contribution >= 4 is 23.2 Å². The van der Waals surface area contributed by atoms with E-state index in [1.165, 1.54) is 21.8 Å². The Bertz CT molecular complexity index is 496. The quantitative estimate of drug-likeness (QED) is 0.772. The summed E-state index contributed by atoms with van der Waals surface area (Å²) in [6, 6.07) is 1.07. The van der Waals surface area contributed by atoms with Crippen LogP contribution in [0.15, 0.2) is 6.07 Å². The van der Waals surface area contributed by atoms with E-state index in [4.69, 9.17) is 0 Å². The lowest BCUT2D eigenvalue weighted by Gasteiger charge is -2.19. The summed E-state index contributed by atoms with van der Waals surface area (Å²) in [6.45, 7) is 7.95. The molecule has 0 saturated heterocycles. The highest BCUT2D eigenvalue weighted by Gasteiger charge is 2.26. The van der Waals surface area contributed by atoms with Crippen molar-refractivity contribution in [2.24, 2.45) is 5.92 Å². The number of amides is 1. The summed E-state index contributed by atoms with van der Waals surface area (Å²) in [7, 11) is 0. The number of rotatable bonds is 8. The lowest BCUT2D eigenvalue weighted by molar-refractivity contribution is -0.140. The Morgan fingerprint density at radius 3 is 2.48 bits per heavy atom. The molecule has 0 unspecified atom stereocenters. The Balaban J connectivity index is 2.90. The van der Waals surface area contributed by atoms with E-state index in [0.29, 0.717) is 11.3 Å². The Morgan fingerprint density at radius 1 is 1.33 bits per heavy atom. The summed E-state index contributed by atoms with van der Waals surface area (Å²) >= 11 is 1.48. The lowest BCUT2D eigenvalue weighted by atomic mass is 9.99. The Morgan fingerprint density at radius 2 is 2.00 bits per heavy atom. The lowest BCUT2D eigenvalue weighted by Crippen LogP contribution is -2.44. The molecule has 1 aromatic heterocycles. The molecule has 21 heavy (non-hydrogen) atoms. The molecule has 0 aliphatic rings. The minimum absolute atomic E-state index is 0.0906. The van der Waals surface area contributed by atoms with Crippen molar-refractivity contribution in [3.05, 3.63) is 21.4 Å². The maximum atomic E-state index is 12.3. The van der Waals surface area contributed by atoms with E-state index in [2.05, 4.69) is 19.2 Å². The van der Waals surface area contributed by atoms with Gasteiger partial charge in [0.1, 0.15) is 6.04 Å². The van der Waals surface area contributed by atoms with E-state index in [1.807, 2.05) is 19.9 Å². The predicted molar refractivity (Wildman–Crippen MR) is 86.0 cm³/mol. The molecular weight excluding hydrogens is 286 g/mol. The van der Waals surface area contributed by atoms with Gasteiger partial charge < -0.3 is 10.4 Å². The SMILES string of the molecule is CCCc1sc(C(=O)N[C@H](C(=O)O)[C@@H](C)CC)cc1CC. The average molecular weight is 311 g/mol. The second kappa shape index (κ2) is 8.17. The van der Waals surface area contributed by atoms with Gasteiger partial charge in [-0.3, -0.25) is 4.79 Å². The number of aliphatic carboxylic acids is 1. The fourth-order valence-electron chi connectivity index (χ4n) is 2.21. The predicted octanol–water partition coefficient (Wildman–Crippen LogP) is 3.49. The van der Waals surface area contributed by atoms with Crippen LogP contribution < -0.4 is 5.32 Å². The van der Waals surface area contributed by atoms with Crippen LogP contribution in [0.5, 0.6) is 0 Å². The first kappa shape index (κ1) is 17.7. The van der Waals surface area contributed by atoms with E-state index in [-0.39, 0.29) is 11.8 Å². The molecule has 2 N–H and O–H groups in total. The molecule has 1 aromatic rings. The van der Waals surface area contributed by atoms with Crippen molar-refractivity contribution in [3.8, 4) is 0 Å². The van der Waals surface area contributed by atoms with Gasteiger partial charge in [-0.1, -0.05) is 40.5 Å². The molecule has 4 nitrogen and oxygen atoms in total. The third-order valence-electron chi connectivity index (χ3n) is 3.74. The molecule has 5 heteroatoms. The van der Waals surface area contributed by atoms with Crippen molar-refractivity contribution in [2.45, 2.75) is 59.4 Å². The van der Waals surface area contributed by atoms with Crippen molar-refractivity contribution in [1.29, 1.82) is 0 Å². The zero-order chi connectivity index (χ0) is 16.0. The van der Waals surface area contributed by atoms with Gasteiger partial charge in [-0.2, -0.15) is 0 Å². The van der Waals surface area contributed by atoms with Crippen LogP contribution in [0.25, 0.3) is 0 Å². The fourth-order valence-corrected chi connectivity index (χ4v) is 3.47. The van der Waals surface area contributed by atoms with Gasteiger partial charge in [-0.15, -0.1) is 11.3 Å². The molecular formula is C16H25NO3S. The van der Waals surface area contributed by atoms with Gasteiger partial charge in [0.15, 0.2) is 0 Å². The zero-order valence-electron chi connectivity index (χ0n) is 13.2. The number of hydrogen-bond donors (Lipinski definition) is 2. The van der Waals surface area contributed by atoms with Crippen LogP contribution in [0.4, 0.5) is 0 Å². The maximum absolute atomic E-state index is 12.3. The summed E-state index contributed by atoms with van der Waals surface area (Å²) in [5, 5.41) is 11.9. The van der Waals surface area contributed by atoms with Gasteiger partial charge in [0.25, 0.3) is 5.91 Å². The van der Waals surface area contributed by atoms with Crippen LogP contribution in [-0.2, 0) is 17.6 Å². The van der Waals surface area contributed by atoms with Gasteiger partial charge in [0.05, 0.1) is 4.88 Å². The monoisotopic (exact) mass is 311 g/mol. The number of carbonyl (C=O) groups excluding carboxylic acids is 1. The zero-order valence-corrected chi connectivity index (χ0v) is 14.0. The van der Waals surface area contributed by atoms with Crippen molar-refractivity contribution in [2.75, 3.05) is 0 Å². The summed E-state index contributed by atoms with van der Waals surface area (Å²) in [5.41, 5.74) is 1.20. The van der Waals surface area contributed by atoms with Crippen LogP contribution in [-0.4, -0.2) is 23.0 Å². The standard InChI is InChI=1S/C16H25NO3S/c1-5-8-12-11(7-3)9-13(21-12)15(18)17-14(16(19)20)10(4)6-2/h9-10,14H,5-8H2,1-4H3,(H,17,18)(H,19,20)/t10-,14-/m0/s1. The molecule has 0 radical (unpaired) electrons. The normalized spacial score (nSPS) is 13.7.